The van der Waals surface area contributed by atoms with E-state index in [1.54, 1.807) is 12.4 Å². The van der Waals surface area contributed by atoms with Crippen molar-refractivity contribution in [2.45, 2.75) is 13.5 Å². The Morgan fingerprint density at radius 2 is 2.17 bits per heavy atom. The summed E-state index contributed by atoms with van der Waals surface area (Å²) >= 11 is 0. The molecule has 3 nitrogen and oxygen atoms in total. The second-order valence-electron chi connectivity index (χ2n) is 4.29. The average Bonchev–Trinajstić information content (AvgIpc) is 2.82. The minimum Gasteiger partial charge on any atom is -0.487 e. The van der Waals surface area contributed by atoms with Crippen LogP contribution < -0.4 is 4.74 Å². The van der Waals surface area contributed by atoms with Crippen LogP contribution in [0.1, 0.15) is 11.1 Å². The van der Waals surface area contributed by atoms with Gasteiger partial charge in [0.15, 0.2) is 0 Å². The number of hydrogen-bond donors (Lipinski definition) is 1. The molecule has 2 aromatic heterocycles. The molecule has 90 valence electrons. The number of aromatic amines is 1. The molecule has 0 aliphatic heterocycles. The quantitative estimate of drug-likeness (QED) is 0.759. The van der Waals surface area contributed by atoms with Gasteiger partial charge in [-0.3, -0.25) is 4.98 Å². The number of H-pyrrole nitrogens is 1. The van der Waals surface area contributed by atoms with Crippen molar-refractivity contribution < 1.29 is 4.74 Å². The third-order valence-electron chi connectivity index (χ3n) is 3.04. The van der Waals surface area contributed by atoms with Crippen molar-refractivity contribution in [1.29, 1.82) is 0 Å². The molecule has 0 aliphatic carbocycles. The van der Waals surface area contributed by atoms with E-state index in [9.17, 15) is 0 Å². The van der Waals surface area contributed by atoms with Crippen LogP contribution in [0.15, 0.2) is 48.9 Å². The highest BCUT2D eigenvalue weighted by molar-refractivity contribution is 5.85. The van der Waals surface area contributed by atoms with Gasteiger partial charge in [0.2, 0.25) is 0 Å². The summed E-state index contributed by atoms with van der Waals surface area (Å²) < 4.78 is 5.72. The highest BCUT2D eigenvalue weighted by Gasteiger charge is 2.05. The molecule has 0 spiro atoms. The summed E-state index contributed by atoms with van der Waals surface area (Å²) in [5, 5.41) is 1.22. The monoisotopic (exact) mass is 238 g/mol. The zero-order valence-corrected chi connectivity index (χ0v) is 10.2. The molecule has 0 saturated heterocycles. The largest absolute Gasteiger partial charge is 0.487 e. The molecule has 3 rings (SSSR count). The van der Waals surface area contributed by atoms with E-state index in [1.165, 1.54) is 16.5 Å². The maximum absolute atomic E-state index is 5.72. The first-order chi connectivity index (χ1) is 8.84. The van der Waals surface area contributed by atoms with Crippen LogP contribution in [-0.4, -0.2) is 9.97 Å². The van der Waals surface area contributed by atoms with E-state index >= 15 is 0 Å². The van der Waals surface area contributed by atoms with Gasteiger partial charge in [-0.1, -0.05) is 18.2 Å². The molecule has 1 N–H and O–H groups in total. The van der Waals surface area contributed by atoms with Crippen LogP contribution in [0, 0.1) is 6.92 Å². The van der Waals surface area contributed by atoms with Crippen molar-refractivity contribution in [3.63, 3.8) is 0 Å². The van der Waals surface area contributed by atoms with Gasteiger partial charge >= 0.3 is 0 Å². The molecule has 0 fully saturated rings. The van der Waals surface area contributed by atoms with Crippen molar-refractivity contribution >= 4 is 10.9 Å². The van der Waals surface area contributed by atoms with Gasteiger partial charge in [-0.15, -0.1) is 0 Å². The molecular formula is C15H14N2O. The van der Waals surface area contributed by atoms with E-state index in [2.05, 4.69) is 35.1 Å². The van der Waals surface area contributed by atoms with Gasteiger partial charge in [-0.25, -0.2) is 0 Å². The lowest BCUT2D eigenvalue weighted by atomic mass is 10.1. The molecule has 0 bridgehead atoms. The molecule has 0 aliphatic rings. The Morgan fingerprint density at radius 1 is 1.22 bits per heavy atom. The lowest BCUT2D eigenvalue weighted by molar-refractivity contribution is 0.306. The van der Waals surface area contributed by atoms with Gasteiger partial charge < -0.3 is 9.72 Å². The van der Waals surface area contributed by atoms with Crippen LogP contribution in [0.2, 0.25) is 0 Å². The first-order valence-corrected chi connectivity index (χ1v) is 5.93. The van der Waals surface area contributed by atoms with Crippen LogP contribution in [0.3, 0.4) is 0 Å². The lowest BCUT2D eigenvalue weighted by Gasteiger charge is -2.04. The predicted molar refractivity (Wildman–Crippen MR) is 71.6 cm³/mol. The Morgan fingerprint density at radius 3 is 3.00 bits per heavy atom. The van der Waals surface area contributed by atoms with E-state index in [1.807, 2.05) is 18.3 Å². The molecular weight excluding hydrogens is 224 g/mol. The Labute approximate surface area is 105 Å². The fraction of sp³-hybridized carbons (Fsp3) is 0.133. The first-order valence-electron chi connectivity index (χ1n) is 5.93. The maximum atomic E-state index is 5.72. The Hall–Kier alpha value is -2.29. The number of ether oxygens (including phenoxy) is 1. The van der Waals surface area contributed by atoms with Crippen LogP contribution in [-0.2, 0) is 6.61 Å². The number of rotatable bonds is 3. The van der Waals surface area contributed by atoms with Gasteiger partial charge in [0.05, 0.1) is 6.20 Å². The zero-order valence-electron chi connectivity index (χ0n) is 10.2. The van der Waals surface area contributed by atoms with Crippen molar-refractivity contribution in [2.75, 3.05) is 0 Å². The Kier molecular flexibility index (Phi) is 2.73. The molecule has 0 unspecified atom stereocenters. The summed E-state index contributed by atoms with van der Waals surface area (Å²) in [6.07, 6.45) is 5.47. The minimum atomic E-state index is 0.551. The van der Waals surface area contributed by atoms with Crippen LogP contribution in [0.4, 0.5) is 0 Å². The second kappa shape index (κ2) is 4.53. The molecule has 18 heavy (non-hydrogen) atoms. The number of pyridine rings is 1. The molecule has 3 heteroatoms. The van der Waals surface area contributed by atoms with Crippen molar-refractivity contribution in [3.05, 3.63) is 60.0 Å². The summed E-state index contributed by atoms with van der Waals surface area (Å²) in [5.74, 6) is 0.791. The van der Waals surface area contributed by atoms with E-state index in [0.29, 0.717) is 6.61 Å². The summed E-state index contributed by atoms with van der Waals surface area (Å²) in [7, 11) is 0. The molecule has 3 aromatic rings. The molecule has 0 saturated carbocycles. The number of aromatic nitrogens is 2. The number of fused-ring (bicyclic) bond motifs is 1. The van der Waals surface area contributed by atoms with Crippen LogP contribution >= 0.6 is 0 Å². The first kappa shape index (κ1) is 10.8. The van der Waals surface area contributed by atoms with Gasteiger partial charge in [0.25, 0.3) is 0 Å². The fourth-order valence-corrected chi connectivity index (χ4v) is 2.08. The molecule has 1 aromatic carbocycles. The second-order valence-corrected chi connectivity index (χ2v) is 4.29. The van der Waals surface area contributed by atoms with Gasteiger partial charge in [-0.2, -0.15) is 0 Å². The van der Waals surface area contributed by atoms with Crippen LogP contribution in [0.5, 0.6) is 5.75 Å². The topological polar surface area (TPSA) is 37.9 Å². The van der Waals surface area contributed by atoms with Crippen molar-refractivity contribution in [3.8, 4) is 5.75 Å². The lowest BCUT2D eigenvalue weighted by Crippen LogP contribution is -1.94. The van der Waals surface area contributed by atoms with Crippen molar-refractivity contribution in [2.24, 2.45) is 0 Å². The summed E-state index contributed by atoms with van der Waals surface area (Å²) in [5.41, 5.74) is 3.60. The Bertz CT molecular complexity index is 659. The van der Waals surface area contributed by atoms with Gasteiger partial charge in [-0.05, 0) is 24.6 Å². The normalized spacial score (nSPS) is 10.7. The third kappa shape index (κ3) is 1.95. The number of hydrogen-bond acceptors (Lipinski definition) is 2. The highest BCUT2D eigenvalue weighted by Crippen LogP contribution is 2.22. The van der Waals surface area contributed by atoms with E-state index < -0.39 is 0 Å². The summed E-state index contributed by atoms with van der Waals surface area (Å²) in [4.78, 5) is 7.33. The standard InChI is InChI=1S/C15H14N2O/c1-11-4-2-6-14-12(8-17-15(11)14)10-18-13-5-3-7-16-9-13/h2-9,17H,10H2,1H3. The molecule has 0 radical (unpaired) electrons. The number of nitrogens with one attached hydrogen (secondary N) is 1. The zero-order chi connectivity index (χ0) is 12.4. The minimum absolute atomic E-state index is 0.551. The number of nitrogens with zero attached hydrogens (tertiary/aromatic N) is 1. The number of para-hydroxylation sites is 1. The van der Waals surface area contributed by atoms with E-state index in [-0.39, 0.29) is 0 Å². The summed E-state index contributed by atoms with van der Waals surface area (Å²) in [6, 6.07) is 10.1. The number of benzene rings is 1. The van der Waals surface area contributed by atoms with E-state index in [4.69, 9.17) is 4.74 Å². The maximum Gasteiger partial charge on any atom is 0.138 e. The molecule has 2 heterocycles. The average molecular weight is 238 g/mol. The smallest absolute Gasteiger partial charge is 0.138 e. The predicted octanol–water partition coefficient (Wildman–Crippen LogP) is 3.45. The Balaban J connectivity index is 1.85. The van der Waals surface area contributed by atoms with Crippen molar-refractivity contribution in [1.82, 2.24) is 9.97 Å². The molecule has 0 amide bonds. The van der Waals surface area contributed by atoms with Gasteiger partial charge in [0, 0.05) is 28.9 Å². The third-order valence-corrected chi connectivity index (χ3v) is 3.04. The molecule has 0 atom stereocenters. The fourth-order valence-electron chi connectivity index (χ4n) is 2.08. The van der Waals surface area contributed by atoms with Crippen LogP contribution in [0.25, 0.3) is 10.9 Å². The number of aryl methyl sites for hydroxylation is 1. The van der Waals surface area contributed by atoms with Gasteiger partial charge in [0.1, 0.15) is 12.4 Å². The van der Waals surface area contributed by atoms with E-state index in [0.717, 1.165) is 11.3 Å². The highest BCUT2D eigenvalue weighted by atomic mass is 16.5. The summed E-state index contributed by atoms with van der Waals surface area (Å²) in [6.45, 7) is 2.65. The SMILES string of the molecule is Cc1cccc2c(COc3cccnc3)c[nH]c12.